The van der Waals surface area contributed by atoms with Gasteiger partial charge in [0.05, 0.1) is 18.5 Å². The van der Waals surface area contributed by atoms with Gasteiger partial charge in [0.25, 0.3) is 0 Å². The maximum Gasteiger partial charge on any atom is 0.151 e. The van der Waals surface area contributed by atoms with Gasteiger partial charge in [-0.05, 0) is 18.2 Å². The first kappa shape index (κ1) is 11.8. The number of nitrogens with one attached hydrogen (secondary N) is 1. The molecule has 5 nitrogen and oxygen atoms in total. The van der Waals surface area contributed by atoms with E-state index >= 15 is 0 Å². The monoisotopic (exact) mass is 218 g/mol. The van der Waals surface area contributed by atoms with Crippen LogP contribution in [0.15, 0.2) is 36.0 Å². The molecule has 0 saturated heterocycles. The number of nitrogens with zero attached hydrogens (tertiary/aromatic N) is 1. The van der Waals surface area contributed by atoms with Gasteiger partial charge >= 0.3 is 0 Å². The topological polar surface area (TPSA) is 97.5 Å². The van der Waals surface area contributed by atoms with Gasteiger partial charge in [-0.25, -0.2) is 0 Å². The summed E-state index contributed by atoms with van der Waals surface area (Å²) >= 11 is 0. The summed E-state index contributed by atoms with van der Waals surface area (Å²) in [4.78, 5) is 0. The van der Waals surface area contributed by atoms with Gasteiger partial charge in [0.2, 0.25) is 0 Å². The fraction of sp³-hybridized carbons (Fsp3) is 0.0909. The first-order valence-corrected chi connectivity index (χ1v) is 4.57. The fourth-order valence-electron chi connectivity index (χ4n) is 1.34. The average Bonchev–Trinajstić information content (AvgIpc) is 2.30. The predicted molar refractivity (Wildman–Crippen MR) is 66.1 cm³/mol. The number of benzene rings is 1. The van der Waals surface area contributed by atoms with E-state index < -0.39 is 0 Å². The molecule has 84 valence electrons. The first-order chi connectivity index (χ1) is 7.65. The molecule has 1 aromatic rings. The highest BCUT2D eigenvalue weighted by molar-refractivity contribution is 6.51. The third-order valence-corrected chi connectivity index (χ3v) is 2.11. The van der Waals surface area contributed by atoms with Crippen molar-refractivity contribution < 1.29 is 4.74 Å². The maximum absolute atomic E-state index is 7.91. The molecule has 1 rings (SSSR count). The predicted octanol–water partition coefficient (Wildman–Crippen LogP) is 1.15. The molecule has 16 heavy (non-hydrogen) atoms. The molecule has 0 unspecified atom stereocenters. The van der Waals surface area contributed by atoms with E-state index in [9.17, 15) is 0 Å². The van der Waals surface area contributed by atoms with Crippen molar-refractivity contribution in [2.75, 3.05) is 12.8 Å². The standard InChI is InChI=1S/C11H14N4O/c1-3-9(15-14)10(13)7-5-4-6-8(12)11(7)16-2/h3-6,13H,1,12,14H2,2H3/b13-10?,15-9-. The van der Waals surface area contributed by atoms with E-state index in [0.29, 0.717) is 17.0 Å². The third-order valence-electron chi connectivity index (χ3n) is 2.11. The maximum atomic E-state index is 7.91. The number of allylic oxidation sites excluding steroid dienone is 1. The second-order valence-corrected chi connectivity index (χ2v) is 3.02. The average molecular weight is 218 g/mol. The Morgan fingerprint density at radius 2 is 2.25 bits per heavy atom. The number of rotatable bonds is 4. The molecule has 0 amide bonds. The Labute approximate surface area is 93.9 Å². The summed E-state index contributed by atoms with van der Waals surface area (Å²) in [6.45, 7) is 3.53. The van der Waals surface area contributed by atoms with Gasteiger partial charge in [0.15, 0.2) is 5.75 Å². The summed E-state index contributed by atoms with van der Waals surface area (Å²) in [5.74, 6) is 5.60. The normalized spacial score (nSPS) is 10.9. The molecule has 0 heterocycles. The van der Waals surface area contributed by atoms with Crippen molar-refractivity contribution in [1.82, 2.24) is 0 Å². The number of para-hydroxylation sites is 1. The highest BCUT2D eigenvalue weighted by Gasteiger charge is 2.14. The number of ether oxygens (including phenoxy) is 1. The molecule has 0 aliphatic heterocycles. The molecule has 0 aliphatic carbocycles. The zero-order chi connectivity index (χ0) is 12.1. The molecule has 0 bridgehead atoms. The number of hydrazone groups is 1. The molecule has 5 heteroatoms. The van der Waals surface area contributed by atoms with Gasteiger partial charge < -0.3 is 16.3 Å². The molecule has 0 aliphatic rings. The van der Waals surface area contributed by atoms with E-state index in [-0.39, 0.29) is 11.4 Å². The van der Waals surface area contributed by atoms with Crippen LogP contribution in [0.5, 0.6) is 5.75 Å². The van der Waals surface area contributed by atoms with Crippen molar-refractivity contribution in [1.29, 1.82) is 5.41 Å². The van der Waals surface area contributed by atoms with Crippen molar-refractivity contribution in [3.05, 3.63) is 36.4 Å². The fourth-order valence-corrected chi connectivity index (χ4v) is 1.34. The van der Waals surface area contributed by atoms with E-state index in [4.69, 9.17) is 21.7 Å². The third kappa shape index (κ3) is 2.03. The van der Waals surface area contributed by atoms with Gasteiger partial charge in [0, 0.05) is 5.56 Å². The number of anilines is 1. The molecule has 5 N–H and O–H groups in total. The lowest BCUT2D eigenvalue weighted by Gasteiger charge is -2.11. The molecule has 0 atom stereocenters. The van der Waals surface area contributed by atoms with Gasteiger partial charge in [-0.2, -0.15) is 5.10 Å². The molecule has 0 saturated carbocycles. The van der Waals surface area contributed by atoms with Crippen molar-refractivity contribution in [2.45, 2.75) is 0 Å². The quantitative estimate of drug-likeness (QED) is 0.306. The van der Waals surface area contributed by atoms with E-state index in [1.165, 1.54) is 13.2 Å². The highest BCUT2D eigenvalue weighted by Crippen LogP contribution is 2.26. The number of methoxy groups -OCH3 is 1. The van der Waals surface area contributed by atoms with Gasteiger partial charge in [-0.1, -0.05) is 12.6 Å². The van der Waals surface area contributed by atoms with Crippen LogP contribution in [0.3, 0.4) is 0 Å². The van der Waals surface area contributed by atoms with Crippen LogP contribution in [0.4, 0.5) is 5.69 Å². The summed E-state index contributed by atoms with van der Waals surface area (Å²) < 4.78 is 5.14. The second kappa shape index (κ2) is 4.97. The second-order valence-electron chi connectivity index (χ2n) is 3.02. The lowest BCUT2D eigenvalue weighted by atomic mass is 10.0. The van der Waals surface area contributed by atoms with E-state index in [1.54, 1.807) is 18.2 Å². The highest BCUT2D eigenvalue weighted by atomic mass is 16.5. The minimum absolute atomic E-state index is 0.127. The van der Waals surface area contributed by atoms with E-state index in [0.717, 1.165) is 0 Å². The molecule has 0 radical (unpaired) electrons. The molecular formula is C11H14N4O. The number of nitrogens with two attached hydrogens (primary N) is 2. The summed E-state index contributed by atoms with van der Waals surface area (Å²) in [5, 5.41) is 11.4. The van der Waals surface area contributed by atoms with Crippen molar-refractivity contribution in [2.24, 2.45) is 10.9 Å². The number of hydrogen-bond acceptors (Lipinski definition) is 5. The zero-order valence-electron chi connectivity index (χ0n) is 9.03. The van der Waals surface area contributed by atoms with Crippen molar-refractivity contribution in [3.63, 3.8) is 0 Å². The van der Waals surface area contributed by atoms with Crippen molar-refractivity contribution >= 4 is 17.1 Å². The zero-order valence-corrected chi connectivity index (χ0v) is 9.03. The smallest absolute Gasteiger partial charge is 0.151 e. The van der Waals surface area contributed by atoms with Crippen LogP contribution in [0.2, 0.25) is 0 Å². The molecule has 1 aromatic carbocycles. The van der Waals surface area contributed by atoms with Crippen LogP contribution in [0.25, 0.3) is 0 Å². The molecule has 0 fully saturated rings. The first-order valence-electron chi connectivity index (χ1n) is 4.57. The Balaban J connectivity index is 3.28. The molecule has 0 aromatic heterocycles. The number of hydrogen-bond donors (Lipinski definition) is 3. The Bertz CT molecular complexity index is 451. The number of nitrogen functional groups attached to an aromatic ring is 1. The SMILES string of the molecule is C=C/C(=N/N)C(=N)c1cccc(N)c1OC. The van der Waals surface area contributed by atoms with Crippen LogP contribution >= 0.6 is 0 Å². The van der Waals surface area contributed by atoms with Gasteiger partial charge in [0.1, 0.15) is 5.71 Å². The lowest BCUT2D eigenvalue weighted by Crippen LogP contribution is -2.15. The summed E-state index contributed by atoms with van der Waals surface area (Å²) in [5.41, 5.74) is 7.14. The summed E-state index contributed by atoms with van der Waals surface area (Å²) in [6, 6.07) is 5.15. The summed E-state index contributed by atoms with van der Waals surface area (Å²) in [6.07, 6.45) is 1.41. The Kier molecular flexibility index (Phi) is 3.66. The van der Waals surface area contributed by atoms with Gasteiger partial charge in [-0.3, -0.25) is 5.41 Å². The summed E-state index contributed by atoms with van der Waals surface area (Å²) in [7, 11) is 1.50. The Hall–Kier alpha value is -2.30. The van der Waals surface area contributed by atoms with E-state index in [1.807, 2.05) is 0 Å². The minimum Gasteiger partial charge on any atom is -0.494 e. The van der Waals surface area contributed by atoms with Crippen molar-refractivity contribution in [3.8, 4) is 5.75 Å². The van der Waals surface area contributed by atoms with Crippen LogP contribution in [-0.4, -0.2) is 18.5 Å². The molecular weight excluding hydrogens is 204 g/mol. The lowest BCUT2D eigenvalue weighted by molar-refractivity contribution is 0.416. The van der Waals surface area contributed by atoms with Crippen LogP contribution in [0, 0.1) is 5.41 Å². The van der Waals surface area contributed by atoms with Gasteiger partial charge in [-0.15, -0.1) is 0 Å². The molecule has 0 spiro atoms. The van der Waals surface area contributed by atoms with Crippen LogP contribution in [0.1, 0.15) is 5.56 Å². The van der Waals surface area contributed by atoms with Crippen LogP contribution < -0.4 is 16.3 Å². The largest absolute Gasteiger partial charge is 0.494 e. The van der Waals surface area contributed by atoms with E-state index in [2.05, 4.69) is 11.7 Å². The Morgan fingerprint density at radius 3 is 2.75 bits per heavy atom. The van der Waals surface area contributed by atoms with Crippen LogP contribution in [-0.2, 0) is 0 Å². The minimum atomic E-state index is 0.127. The Morgan fingerprint density at radius 1 is 1.56 bits per heavy atom.